The number of aldehydes is 1. The van der Waals surface area contributed by atoms with Crippen LogP contribution < -0.4 is 0 Å². The smallest absolute Gasteiger partial charge is 0.123 e. The van der Waals surface area contributed by atoms with E-state index < -0.39 is 0 Å². The van der Waals surface area contributed by atoms with Crippen molar-refractivity contribution in [2.75, 3.05) is 0 Å². The van der Waals surface area contributed by atoms with Crippen molar-refractivity contribution in [3.63, 3.8) is 0 Å². The molecular weight excluding hydrogens is 172 g/mol. The van der Waals surface area contributed by atoms with E-state index in [2.05, 4.69) is 0 Å². The van der Waals surface area contributed by atoms with Crippen molar-refractivity contribution in [3.05, 3.63) is 40.9 Å². The third-order valence-corrected chi connectivity index (χ3v) is 1.63. The standard InChI is InChI=1S/C10H9ClO/c11-10-6-3-5-9(8-10)4-1-2-7-12/h1,3-8H,2H2/b4-1+. The number of benzene rings is 1. The third kappa shape index (κ3) is 2.89. The summed E-state index contributed by atoms with van der Waals surface area (Å²) in [5, 5.41) is 0.711. The number of carbonyl (C=O) groups is 1. The van der Waals surface area contributed by atoms with Crippen LogP contribution in [0.4, 0.5) is 0 Å². The number of hydrogen-bond acceptors (Lipinski definition) is 1. The molecule has 0 unspecified atom stereocenters. The van der Waals surface area contributed by atoms with Crippen LogP contribution in [0.15, 0.2) is 30.3 Å². The lowest BCUT2D eigenvalue weighted by atomic mass is 10.2. The highest BCUT2D eigenvalue weighted by Gasteiger charge is 1.87. The van der Waals surface area contributed by atoms with Crippen molar-refractivity contribution in [1.29, 1.82) is 0 Å². The molecular formula is C10H9ClO. The van der Waals surface area contributed by atoms with Crippen LogP contribution in [0.1, 0.15) is 12.0 Å². The zero-order valence-electron chi connectivity index (χ0n) is 6.53. The molecule has 1 aromatic carbocycles. The van der Waals surface area contributed by atoms with Gasteiger partial charge in [-0.3, -0.25) is 0 Å². The van der Waals surface area contributed by atoms with Crippen LogP contribution in [0.5, 0.6) is 0 Å². The summed E-state index contributed by atoms with van der Waals surface area (Å²) in [6.45, 7) is 0. The molecule has 0 fully saturated rings. The minimum atomic E-state index is 0.451. The maximum Gasteiger partial charge on any atom is 0.123 e. The average molecular weight is 181 g/mol. The minimum Gasteiger partial charge on any atom is -0.303 e. The number of halogens is 1. The Bertz CT molecular complexity index is 292. The van der Waals surface area contributed by atoms with E-state index in [1.807, 2.05) is 30.3 Å². The van der Waals surface area contributed by atoms with E-state index in [1.54, 1.807) is 6.08 Å². The maximum atomic E-state index is 9.98. The molecule has 0 radical (unpaired) electrons. The fourth-order valence-electron chi connectivity index (χ4n) is 0.870. The summed E-state index contributed by atoms with van der Waals surface area (Å²) in [5.41, 5.74) is 1.02. The summed E-state index contributed by atoms with van der Waals surface area (Å²) in [7, 11) is 0. The van der Waals surface area contributed by atoms with Crippen molar-refractivity contribution < 1.29 is 4.79 Å². The fraction of sp³-hybridized carbons (Fsp3) is 0.100. The van der Waals surface area contributed by atoms with E-state index in [1.165, 1.54) is 0 Å². The van der Waals surface area contributed by atoms with Gasteiger partial charge in [0.05, 0.1) is 0 Å². The molecule has 1 rings (SSSR count). The van der Waals surface area contributed by atoms with Gasteiger partial charge in [-0.25, -0.2) is 0 Å². The van der Waals surface area contributed by atoms with E-state index in [9.17, 15) is 4.79 Å². The van der Waals surface area contributed by atoms with Gasteiger partial charge in [0.1, 0.15) is 6.29 Å². The van der Waals surface area contributed by atoms with Crippen LogP contribution >= 0.6 is 11.6 Å². The van der Waals surface area contributed by atoms with E-state index in [-0.39, 0.29) is 0 Å². The molecule has 1 aromatic rings. The predicted octanol–water partition coefficient (Wildman–Crippen LogP) is 2.94. The quantitative estimate of drug-likeness (QED) is 0.654. The highest BCUT2D eigenvalue weighted by molar-refractivity contribution is 6.30. The normalized spacial score (nSPS) is 10.4. The monoisotopic (exact) mass is 180 g/mol. The Morgan fingerprint density at radius 2 is 2.25 bits per heavy atom. The molecule has 0 aliphatic rings. The Kier molecular flexibility index (Phi) is 3.55. The predicted molar refractivity (Wildman–Crippen MR) is 51.2 cm³/mol. The Hall–Kier alpha value is -1.08. The zero-order valence-corrected chi connectivity index (χ0v) is 7.29. The van der Waals surface area contributed by atoms with Gasteiger partial charge in [-0.05, 0) is 17.7 Å². The Morgan fingerprint density at radius 1 is 1.42 bits per heavy atom. The molecule has 0 saturated carbocycles. The molecule has 0 aliphatic heterocycles. The van der Waals surface area contributed by atoms with Gasteiger partial charge in [0.15, 0.2) is 0 Å². The lowest BCUT2D eigenvalue weighted by Crippen LogP contribution is -1.71. The van der Waals surface area contributed by atoms with Crippen molar-refractivity contribution in [1.82, 2.24) is 0 Å². The first-order valence-electron chi connectivity index (χ1n) is 3.68. The van der Waals surface area contributed by atoms with E-state index in [0.717, 1.165) is 11.8 Å². The molecule has 62 valence electrons. The van der Waals surface area contributed by atoms with Gasteiger partial charge < -0.3 is 4.79 Å². The van der Waals surface area contributed by atoms with Crippen LogP contribution in [0.2, 0.25) is 5.02 Å². The van der Waals surface area contributed by atoms with Crippen LogP contribution in [0.25, 0.3) is 6.08 Å². The van der Waals surface area contributed by atoms with Gasteiger partial charge >= 0.3 is 0 Å². The van der Waals surface area contributed by atoms with Gasteiger partial charge in [0, 0.05) is 11.4 Å². The topological polar surface area (TPSA) is 17.1 Å². The van der Waals surface area contributed by atoms with Crippen molar-refractivity contribution >= 4 is 24.0 Å². The first-order chi connectivity index (χ1) is 5.83. The Morgan fingerprint density at radius 3 is 2.92 bits per heavy atom. The number of hydrogen-bond donors (Lipinski definition) is 0. The highest BCUT2D eigenvalue weighted by atomic mass is 35.5. The lowest BCUT2D eigenvalue weighted by Gasteiger charge is -1.92. The van der Waals surface area contributed by atoms with Crippen LogP contribution in [0.3, 0.4) is 0 Å². The van der Waals surface area contributed by atoms with E-state index >= 15 is 0 Å². The molecule has 0 heterocycles. The molecule has 2 heteroatoms. The van der Waals surface area contributed by atoms with Crippen molar-refractivity contribution in [2.24, 2.45) is 0 Å². The molecule has 0 aliphatic carbocycles. The summed E-state index contributed by atoms with van der Waals surface area (Å²) in [6.07, 6.45) is 4.99. The first-order valence-corrected chi connectivity index (χ1v) is 4.06. The molecule has 12 heavy (non-hydrogen) atoms. The summed E-state index contributed by atoms with van der Waals surface area (Å²) in [5.74, 6) is 0. The number of carbonyl (C=O) groups excluding carboxylic acids is 1. The minimum absolute atomic E-state index is 0.451. The van der Waals surface area contributed by atoms with Gasteiger partial charge in [-0.2, -0.15) is 0 Å². The Labute approximate surface area is 76.7 Å². The van der Waals surface area contributed by atoms with Gasteiger partial charge in [-0.15, -0.1) is 0 Å². The van der Waals surface area contributed by atoms with Crippen molar-refractivity contribution in [3.8, 4) is 0 Å². The highest BCUT2D eigenvalue weighted by Crippen LogP contribution is 2.11. The van der Waals surface area contributed by atoms with Crippen LogP contribution in [-0.4, -0.2) is 6.29 Å². The average Bonchev–Trinajstić information content (AvgIpc) is 2.05. The molecule has 1 nitrogen and oxygen atoms in total. The first kappa shape index (κ1) is 9.01. The van der Waals surface area contributed by atoms with Gasteiger partial charge in [0.25, 0.3) is 0 Å². The Balaban J connectivity index is 2.69. The molecule has 0 atom stereocenters. The summed E-state index contributed by atoms with van der Waals surface area (Å²) >= 11 is 5.75. The van der Waals surface area contributed by atoms with Crippen molar-refractivity contribution in [2.45, 2.75) is 6.42 Å². The summed E-state index contributed by atoms with van der Waals surface area (Å²) < 4.78 is 0. The molecule has 0 N–H and O–H groups in total. The second-order valence-electron chi connectivity index (χ2n) is 2.36. The van der Waals surface area contributed by atoms with Crippen LogP contribution in [0, 0.1) is 0 Å². The van der Waals surface area contributed by atoms with E-state index in [0.29, 0.717) is 11.4 Å². The SMILES string of the molecule is O=CC/C=C/c1cccc(Cl)c1. The molecule has 0 saturated heterocycles. The fourth-order valence-corrected chi connectivity index (χ4v) is 1.07. The molecule has 0 bridgehead atoms. The van der Waals surface area contributed by atoms with E-state index in [4.69, 9.17) is 11.6 Å². The second-order valence-corrected chi connectivity index (χ2v) is 2.80. The lowest BCUT2D eigenvalue weighted by molar-refractivity contribution is -0.107. The maximum absolute atomic E-state index is 9.98. The number of allylic oxidation sites excluding steroid dienone is 1. The zero-order chi connectivity index (χ0) is 8.81. The van der Waals surface area contributed by atoms with Gasteiger partial charge in [0.2, 0.25) is 0 Å². The number of rotatable bonds is 3. The summed E-state index contributed by atoms with van der Waals surface area (Å²) in [4.78, 5) is 9.98. The van der Waals surface area contributed by atoms with Gasteiger partial charge in [-0.1, -0.05) is 35.9 Å². The largest absolute Gasteiger partial charge is 0.303 e. The molecule has 0 spiro atoms. The third-order valence-electron chi connectivity index (χ3n) is 1.39. The summed E-state index contributed by atoms with van der Waals surface area (Å²) in [6, 6.07) is 7.48. The van der Waals surface area contributed by atoms with Crippen LogP contribution in [-0.2, 0) is 4.79 Å². The molecule has 0 aromatic heterocycles. The second kappa shape index (κ2) is 4.73. The molecule has 0 amide bonds.